The molecule has 1 heterocycles. The summed E-state index contributed by atoms with van der Waals surface area (Å²) in [5, 5.41) is 9.94. The lowest BCUT2D eigenvalue weighted by Gasteiger charge is -2.24. The van der Waals surface area contributed by atoms with Gasteiger partial charge in [0.25, 0.3) is 0 Å². The van der Waals surface area contributed by atoms with Gasteiger partial charge in [-0.05, 0) is 32.9 Å². The molecule has 1 aliphatic heterocycles. The lowest BCUT2D eigenvalue weighted by atomic mass is 10.2. The number of likely N-dealkylation sites (tertiary alicyclic amines) is 1. The average molecular weight is 315 g/mol. The van der Waals surface area contributed by atoms with Crippen molar-refractivity contribution in [1.82, 2.24) is 4.90 Å². The van der Waals surface area contributed by atoms with E-state index in [0.717, 1.165) is 18.2 Å². The van der Waals surface area contributed by atoms with Gasteiger partial charge in [0.2, 0.25) is 0 Å². The van der Waals surface area contributed by atoms with E-state index in [1.807, 2.05) is 0 Å². The lowest BCUT2D eigenvalue weighted by Crippen LogP contribution is -2.36. The largest absolute Gasteiger partial charge is 0.483 e. The molecule has 0 saturated carbocycles. The molecule has 1 fully saturated rings. The Kier molecular flexibility index (Phi) is 4.55. The van der Waals surface area contributed by atoms with Crippen molar-refractivity contribution in [3.05, 3.63) is 29.8 Å². The molecule has 0 bridgehead atoms. The Labute approximate surface area is 127 Å². The molecule has 0 aliphatic carbocycles. The van der Waals surface area contributed by atoms with Crippen LogP contribution in [0, 0.1) is 11.6 Å². The summed E-state index contributed by atoms with van der Waals surface area (Å²) in [6, 6.07) is 2.82. The van der Waals surface area contributed by atoms with Gasteiger partial charge in [-0.2, -0.15) is 0 Å². The van der Waals surface area contributed by atoms with Crippen molar-refractivity contribution in [3.63, 3.8) is 0 Å². The number of halogens is 2. The van der Waals surface area contributed by atoms with Crippen LogP contribution in [-0.2, 0) is 4.74 Å². The molecule has 0 radical (unpaired) electrons. The number of aliphatic hydroxyl groups is 1. The second-order valence-electron chi connectivity index (χ2n) is 6.18. The van der Waals surface area contributed by atoms with Crippen molar-refractivity contribution < 1.29 is 28.2 Å². The van der Waals surface area contributed by atoms with Crippen LogP contribution in [0.25, 0.3) is 0 Å². The maximum atomic E-state index is 13.5. The lowest BCUT2D eigenvalue weighted by molar-refractivity contribution is 0.0268. The molecule has 7 heteroatoms. The van der Waals surface area contributed by atoms with E-state index < -0.39 is 35.5 Å². The van der Waals surface area contributed by atoms with Gasteiger partial charge in [-0.25, -0.2) is 13.6 Å². The first kappa shape index (κ1) is 16.5. The highest BCUT2D eigenvalue weighted by Crippen LogP contribution is 2.24. The minimum atomic E-state index is -1.00. The molecule has 1 aromatic rings. The molecule has 2 rings (SSSR count). The van der Waals surface area contributed by atoms with Gasteiger partial charge in [-0.15, -0.1) is 0 Å². The molecule has 1 aromatic carbocycles. The first-order valence-corrected chi connectivity index (χ1v) is 6.93. The van der Waals surface area contributed by atoms with Crippen LogP contribution in [-0.4, -0.2) is 47.0 Å². The van der Waals surface area contributed by atoms with E-state index in [4.69, 9.17) is 9.47 Å². The number of β-amino-alcohol motifs (C(OH)–C–C–N with tert-alkyl or cyclic N) is 1. The van der Waals surface area contributed by atoms with Crippen LogP contribution in [0.4, 0.5) is 13.6 Å². The van der Waals surface area contributed by atoms with Gasteiger partial charge < -0.3 is 19.5 Å². The molecule has 0 spiro atoms. The number of hydrogen-bond donors (Lipinski definition) is 1. The third kappa shape index (κ3) is 4.07. The maximum Gasteiger partial charge on any atom is 0.410 e. The Balaban J connectivity index is 2.02. The monoisotopic (exact) mass is 315 g/mol. The average Bonchev–Trinajstić information content (AvgIpc) is 2.74. The first-order valence-electron chi connectivity index (χ1n) is 6.93. The summed E-state index contributed by atoms with van der Waals surface area (Å²) < 4.78 is 37.2. The van der Waals surface area contributed by atoms with Gasteiger partial charge in [-0.3, -0.25) is 0 Å². The molecule has 22 heavy (non-hydrogen) atoms. The Morgan fingerprint density at radius 2 is 2.00 bits per heavy atom. The highest BCUT2D eigenvalue weighted by molar-refractivity contribution is 5.68. The van der Waals surface area contributed by atoms with Crippen molar-refractivity contribution >= 4 is 6.09 Å². The molecular formula is C15H19F2NO4. The summed E-state index contributed by atoms with van der Waals surface area (Å²) in [5.74, 6) is -1.67. The summed E-state index contributed by atoms with van der Waals surface area (Å²) in [5.41, 5.74) is -0.657. The van der Waals surface area contributed by atoms with Gasteiger partial charge in [0.15, 0.2) is 11.6 Å². The number of amides is 1. The minimum absolute atomic E-state index is 0.0104. The Morgan fingerprint density at radius 3 is 2.64 bits per heavy atom. The summed E-state index contributed by atoms with van der Waals surface area (Å²) in [6.45, 7) is 5.23. The van der Waals surface area contributed by atoms with Crippen LogP contribution >= 0.6 is 0 Å². The van der Waals surface area contributed by atoms with Crippen LogP contribution in [0.2, 0.25) is 0 Å². The van der Waals surface area contributed by atoms with Crippen LogP contribution < -0.4 is 4.74 Å². The molecule has 5 nitrogen and oxygen atoms in total. The highest BCUT2D eigenvalue weighted by Gasteiger charge is 2.38. The van der Waals surface area contributed by atoms with E-state index in [-0.39, 0.29) is 18.8 Å². The standard InChI is InChI=1S/C15H19F2NO4/c1-15(2,3)22-14(20)18-7-11(19)13(8-18)21-12-6-9(16)4-5-10(12)17/h4-6,11,13,19H,7-8H2,1-3H3/t11-,13+/m0/s1. The number of nitrogens with zero attached hydrogens (tertiary/aromatic N) is 1. The molecule has 2 atom stereocenters. The van der Waals surface area contributed by atoms with Crippen LogP contribution in [0.1, 0.15) is 20.8 Å². The number of carbonyl (C=O) groups excluding carboxylic acids is 1. The number of rotatable bonds is 2. The summed E-state index contributed by atoms with van der Waals surface area (Å²) in [6.07, 6.45) is -2.43. The van der Waals surface area contributed by atoms with E-state index >= 15 is 0 Å². The van der Waals surface area contributed by atoms with Crippen molar-refractivity contribution in [3.8, 4) is 5.75 Å². The number of carbonyl (C=O) groups is 1. The van der Waals surface area contributed by atoms with Crippen LogP contribution in [0.15, 0.2) is 18.2 Å². The zero-order valence-corrected chi connectivity index (χ0v) is 12.7. The van der Waals surface area contributed by atoms with Crippen LogP contribution in [0.5, 0.6) is 5.75 Å². The predicted octanol–water partition coefficient (Wildman–Crippen LogP) is 2.32. The van der Waals surface area contributed by atoms with E-state index in [0.29, 0.717) is 0 Å². The summed E-state index contributed by atoms with van der Waals surface area (Å²) in [7, 11) is 0. The zero-order valence-electron chi connectivity index (χ0n) is 12.7. The van der Waals surface area contributed by atoms with Crippen molar-refractivity contribution in [2.45, 2.75) is 38.6 Å². The maximum absolute atomic E-state index is 13.5. The van der Waals surface area contributed by atoms with Crippen LogP contribution in [0.3, 0.4) is 0 Å². The van der Waals surface area contributed by atoms with Crippen molar-refractivity contribution in [2.75, 3.05) is 13.1 Å². The van der Waals surface area contributed by atoms with Gasteiger partial charge in [0.1, 0.15) is 23.6 Å². The van der Waals surface area contributed by atoms with Gasteiger partial charge in [0.05, 0.1) is 13.1 Å². The summed E-state index contributed by atoms with van der Waals surface area (Å²) >= 11 is 0. The van der Waals surface area contributed by atoms with Crippen molar-refractivity contribution in [1.29, 1.82) is 0 Å². The van der Waals surface area contributed by atoms with Crippen molar-refractivity contribution in [2.24, 2.45) is 0 Å². The highest BCUT2D eigenvalue weighted by atomic mass is 19.1. The van der Waals surface area contributed by atoms with Gasteiger partial charge >= 0.3 is 6.09 Å². The minimum Gasteiger partial charge on any atom is -0.483 e. The fraction of sp³-hybridized carbons (Fsp3) is 0.533. The summed E-state index contributed by atoms with van der Waals surface area (Å²) in [4.78, 5) is 13.2. The fourth-order valence-corrected chi connectivity index (χ4v) is 2.08. The Hall–Kier alpha value is -1.89. The molecule has 122 valence electrons. The second kappa shape index (κ2) is 6.08. The molecule has 0 unspecified atom stereocenters. The number of hydrogen-bond acceptors (Lipinski definition) is 4. The smallest absolute Gasteiger partial charge is 0.410 e. The molecule has 1 saturated heterocycles. The first-order chi connectivity index (χ1) is 10.2. The normalized spacial score (nSPS) is 21.8. The fourth-order valence-electron chi connectivity index (χ4n) is 2.08. The SMILES string of the molecule is CC(C)(C)OC(=O)N1C[C@H](O)[C@H](Oc2cc(F)ccc2F)C1. The van der Waals surface area contributed by atoms with E-state index in [9.17, 15) is 18.7 Å². The predicted molar refractivity (Wildman–Crippen MR) is 74.6 cm³/mol. The quantitative estimate of drug-likeness (QED) is 0.910. The van der Waals surface area contributed by atoms with E-state index in [2.05, 4.69) is 0 Å². The Bertz CT molecular complexity index is 559. The molecular weight excluding hydrogens is 296 g/mol. The molecule has 1 N–H and O–H groups in total. The molecule has 1 aliphatic rings. The number of ether oxygens (including phenoxy) is 2. The molecule has 0 aromatic heterocycles. The second-order valence-corrected chi connectivity index (χ2v) is 6.18. The van der Waals surface area contributed by atoms with Gasteiger partial charge in [-0.1, -0.05) is 0 Å². The molecule has 1 amide bonds. The zero-order chi connectivity index (χ0) is 16.5. The van der Waals surface area contributed by atoms with E-state index in [1.54, 1.807) is 20.8 Å². The third-order valence-corrected chi connectivity index (χ3v) is 3.06. The number of benzene rings is 1. The Morgan fingerprint density at radius 1 is 1.32 bits per heavy atom. The number of aliphatic hydroxyl groups excluding tert-OH is 1. The van der Waals surface area contributed by atoms with Gasteiger partial charge in [0, 0.05) is 6.07 Å². The topological polar surface area (TPSA) is 59.0 Å². The third-order valence-electron chi connectivity index (χ3n) is 3.06. The van der Waals surface area contributed by atoms with E-state index in [1.165, 1.54) is 4.90 Å².